The molecule has 0 spiro atoms. The van der Waals surface area contributed by atoms with Crippen LogP contribution in [0.15, 0.2) is 16.8 Å². The van der Waals surface area contributed by atoms with Gasteiger partial charge in [0.05, 0.1) is 0 Å². The van der Waals surface area contributed by atoms with Crippen LogP contribution in [0, 0.1) is 0 Å². The molecule has 3 heteroatoms. The predicted molar refractivity (Wildman–Crippen MR) is 70.8 cm³/mol. The number of hydrogen-bond donors (Lipinski definition) is 1. The highest BCUT2D eigenvalue weighted by Crippen LogP contribution is 2.35. The Bertz CT molecular complexity index is 265. The Morgan fingerprint density at radius 2 is 2.47 bits per heavy atom. The van der Waals surface area contributed by atoms with Crippen LogP contribution in [0.1, 0.15) is 37.8 Å². The van der Waals surface area contributed by atoms with E-state index < -0.39 is 0 Å². The van der Waals surface area contributed by atoms with E-state index >= 15 is 0 Å². The summed E-state index contributed by atoms with van der Waals surface area (Å²) in [7, 11) is 0. The molecule has 2 atom stereocenters. The fourth-order valence-electron chi connectivity index (χ4n) is 2.16. The van der Waals surface area contributed by atoms with Gasteiger partial charge in [-0.05, 0) is 47.5 Å². The van der Waals surface area contributed by atoms with Crippen molar-refractivity contribution in [1.82, 2.24) is 5.32 Å². The van der Waals surface area contributed by atoms with Gasteiger partial charge in [-0.15, -0.1) is 0 Å². The molecular formula is C12H19NS2. The molecule has 84 valence electrons. The fraction of sp³-hybridized carbons (Fsp3) is 0.667. The van der Waals surface area contributed by atoms with Gasteiger partial charge in [0, 0.05) is 11.3 Å². The first-order valence-corrected chi connectivity index (χ1v) is 7.78. The Morgan fingerprint density at radius 1 is 1.53 bits per heavy atom. The van der Waals surface area contributed by atoms with E-state index in [1.807, 2.05) is 11.3 Å². The van der Waals surface area contributed by atoms with Crippen molar-refractivity contribution in [3.63, 3.8) is 0 Å². The molecule has 2 unspecified atom stereocenters. The molecule has 1 aromatic heterocycles. The van der Waals surface area contributed by atoms with E-state index in [1.54, 1.807) is 0 Å². The minimum absolute atomic E-state index is 0.576. The van der Waals surface area contributed by atoms with Gasteiger partial charge in [0.2, 0.25) is 0 Å². The summed E-state index contributed by atoms with van der Waals surface area (Å²) in [5.74, 6) is 1.34. The third-order valence-corrected chi connectivity index (χ3v) is 5.07. The Morgan fingerprint density at radius 3 is 3.07 bits per heavy atom. The van der Waals surface area contributed by atoms with Crippen molar-refractivity contribution in [2.75, 3.05) is 12.3 Å². The molecule has 1 aliphatic heterocycles. The highest BCUT2D eigenvalue weighted by atomic mass is 32.2. The summed E-state index contributed by atoms with van der Waals surface area (Å²) in [5, 5.41) is 8.91. The van der Waals surface area contributed by atoms with E-state index in [9.17, 15) is 0 Å². The average molecular weight is 241 g/mol. The van der Waals surface area contributed by atoms with E-state index in [0.717, 1.165) is 11.8 Å². The standard InChI is InChI=1S/C12H19NS2/c1-2-13-12(10-6-8-14-9-10)11-5-3-4-7-15-11/h6,8-9,11-13H,2-5,7H2,1H3. The summed E-state index contributed by atoms with van der Waals surface area (Å²) < 4.78 is 0. The van der Waals surface area contributed by atoms with Gasteiger partial charge in [0.1, 0.15) is 0 Å². The van der Waals surface area contributed by atoms with Crippen LogP contribution >= 0.6 is 23.1 Å². The van der Waals surface area contributed by atoms with E-state index in [1.165, 1.54) is 30.6 Å². The number of thiophene rings is 1. The quantitative estimate of drug-likeness (QED) is 0.863. The van der Waals surface area contributed by atoms with E-state index in [4.69, 9.17) is 0 Å². The summed E-state index contributed by atoms with van der Waals surface area (Å²) >= 11 is 3.96. The average Bonchev–Trinajstić information content (AvgIpc) is 2.80. The second kappa shape index (κ2) is 5.92. The lowest BCUT2D eigenvalue weighted by molar-refractivity contribution is 0.492. The van der Waals surface area contributed by atoms with Crippen LogP contribution in [-0.4, -0.2) is 17.5 Å². The van der Waals surface area contributed by atoms with Crippen molar-refractivity contribution >= 4 is 23.1 Å². The molecule has 1 aromatic rings. The monoisotopic (exact) mass is 241 g/mol. The summed E-state index contributed by atoms with van der Waals surface area (Å²) in [6, 6.07) is 2.85. The topological polar surface area (TPSA) is 12.0 Å². The fourth-order valence-corrected chi connectivity index (χ4v) is 4.31. The first kappa shape index (κ1) is 11.5. The maximum Gasteiger partial charge on any atom is 0.0448 e. The number of thioether (sulfide) groups is 1. The lowest BCUT2D eigenvalue weighted by Crippen LogP contribution is -2.31. The maximum absolute atomic E-state index is 3.64. The first-order chi connectivity index (χ1) is 7.42. The molecule has 2 rings (SSSR count). The highest BCUT2D eigenvalue weighted by Gasteiger charge is 2.24. The summed E-state index contributed by atoms with van der Waals surface area (Å²) in [6.45, 7) is 3.27. The number of hydrogen-bond acceptors (Lipinski definition) is 3. The van der Waals surface area contributed by atoms with Gasteiger partial charge in [-0.3, -0.25) is 0 Å². The SMILES string of the molecule is CCNC(c1ccsc1)C1CCCCS1. The minimum Gasteiger partial charge on any atom is -0.309 e. The third kappa shape index (κ3) is 2.99. The van der Waals surface area contributed by atoms with E-state index in [0.29, 0.717) is 6.04 Å². The van der Waals surface area contributed by atoms with E-state index in [-0.39, 0.29) is 0 Å². The lowest BCUT2D eigenvalue weighted by Gasteiger charge is -2.30. The molecule has 0 bridgehead atoms. The Hall–Kier alpha value is 0.01000. The van der Waals surface area contributed by atoms with Crippen molar-refractivity contribution in [3.05, 3.63) is 22.4 Å². The van der Waals surface area contributed by atoms with Crippen LogP contribution in [0.4, 0.5) is 0 Å². The largest absolute Gasteiger partial charge is 0.309 e. The molecule has 1 aliphatic rings. The van der Waals surface area contributed by atoms with Crippen molar-refractivity contribution < 1.29 is 0 Å². The summed E-state index contributed by atoms with van der Waals surface area (Å²) in [5.41, 5.74) is 1.49. The van der Waals surface area contributed by atoms with Crippen LogP contribution < -0.4 is 5.32 Å². The molecule has 0 aromatic carbocycles. The van der Waals surface area contributed by atoms with Gasteiger partial charge >= 0.3 is 0 Å². The van der Waals surface area contributed by atoms with Gasteiger partial charge in [-0.25, -0.2) is 0 Å². The molecule has 1 nitrogen and oxygen atoms in total. The number of rotatable bonds is 4. The molecule has 1 saturated heterocycles. The molecule has 2 heterocycles. The van der Waals surface area contributed by atoms with Crippen molar-refractivity contribution in [2.45, 2.75) is 37.5 Å². The zero-order valence-electron chi connectivity index (χ0n) is 9.24. The Labute approximate surface area is 101 Å². The second-order valence-corrected chi connectivity index (χ2v) is 6.12. The molecule has 0 radical (unpaired) electrons. The van der Waals surface area contributed by atoms with Crippen LogP contribution in [0.2, 0.25) is 0 Å². The molecule has 1 N–H and O–H groups in total. The van der Waals surface area contributed by atoms with E-state index in [2.05, 4.69) is 40.8 Å². The molecule has 0 aliphatic carbocycles. The summed E-state index contributed by atoms with van der Waals surface area (Å²) in [4.78, 5) is 0. The Balaban J connectivity index is 2.04. The molecule has 0 amide bonds. The zero-order valence-corrected chi connectivity index (χ0v) is 10.9. The van der Waals surface area contributed by atoms with Crippen molar-refractivity contribution in [3.8, 4) is 0 Å². The van der Waals surface area contributed by atoms with Gasteiger partial charge in [-0.2, -0.15) is 23.1 Å². The predicted octanol–water partition coefficient (Wildman–Crippen LogP) is 3.68. The van der Waals surface area contributed by atoms with Crippen LogP contribution in [-0.2, 0) is 0 Å². The van der Waals surface area contributed by atoms with Gasteiger partial charge < -0.3 is 5.32 Å². The summed E-state index contributed by atoms with van der Waals surface area (Å²) in [6.07, 6.45) is 4.19. The second-order valence-electron chi connectivity index (χ2n) is 4.00. The number of nitrogens with one attached hydrogen (secondary N) is 1. The third-order valence-electron chi connectivity index (χ3n) is 2.91. The normalized spacial score (nSPS) is 23.9. The van der Waals surface area contributed by atoms with Gasteiger partial charge in [-0.1, -0.05) is 13.3 Å². The minimum atomic E-state index is 0.576. The highest BCUT2D eigenvalue weighted by molar-refractivity contribution is 8.00. The van der Waals surface area contributed by atoms with Crippen molar-refractivity contribution in [1.29, 1.82) is 0 Å². The van der Waals surface area contributed by atoms with Crippen LogP contribution in [0.25, 0.3) is 0 Å². The molecule has 15 heavy (non-hydrogen) atoms. The molecule has 0 saturated carbocycles. The maximum atomic E-state index is 3.64. The lowest BCUT2D eigenvalue weighted by atomic mass is 10.0. The smallest absolute Gasteiger partial charge is 0.0448 e. The molecule has 1 fully saturated rings. The van der Waals surface area contributed by atoms with Crippen molar-refractivity contribution in [2.24, 2.45) is 0 Å². The van der Waals surface area contributed by atoms with Gasteiger partial charge in [0.15, 0.2) is 0 Å². The first-order valence-electron chi connectivity index (χ1n) is 5.79. The van der Waals surface area contributed by atoms with Crippen LogP contribution in [0.5, 0.6) is 0 Å². The molecular weight excluding hydrogens is 222 g/mol. The zero-order chi connectivity index (χ0) is 10.5. The van der Waals surface area contributed by atoms with Gasteiger partial charge in [0.25, 0.3) is 0 Å². The Kier molecular flexibility index (Phi) is 4.54. The van der Waals surface area contributed by atoms with Crippen LogP contribution in [0.3, 0.4) is 0 Å².